The van der Waals surface area contributed by atoms with Crippen LogP contribution in [0, 0.1) is 5.92 Å². The summed E-state index contributed by atoms with van der Waals surface area (Å²) in [5.41, 5.74) is 1.05. The van der Waals surface area contributed by atoms with Gasteiger partial charge in [0.25, 0.3) is 5.56 Å². The monoisotopic (exact) mass is 413 g/mol. The molecule has 6 nitrogen and oxygen atoms in total. The van der Waals surface area contributed by atoms with Crippen molar-refractivity contribution in [3.05, 3.63) is 68.2 Å². The molecule has 3 aromatic rings. The standard InChI is InChI=1S/C22H27N3O3S/c1-15(2)13-25-21(27)20-18(11-12-29-20)24(22(25)28)14-19(26)23-16(3)9-10-17-7-5-4-6-8-17/h4-8,11-12,15-16H,9-10,13-14H2,1-3H3,(H,23,26). The van der Waals surface area contributed by atoms with E-state index >= 15 is 0 Å². The summed E-state index contributed by atoms with van der Waals surface area (Å²) >= 11 is 1.30. The second-order valence-electron chi connectivity index (χ2n) is 7.81. The third-order valence-corrected chi connectivity index (χ3v) is 5.69. The van der Waals surface area contributed by atoms with Crippen molar-refractivity contribution in [1.29, 1.82) is 0 Å². The lowest BCUT2D eigenvalue weighted by molar-refractivity contribution is -0.122. The number of fused-ring (bicyclic) bond motifs is 1. The Hall–Kier alpha value is -2.67. The van der Waals surface area contributed by atoms with Crippen LogP contribution in [0.25, 0.3) is 10.2 Å². The number of amides is 1. The number of thiophene rings is 1. The second kappa shape index (κ2) is 9.22. The molecule has 0 aliphatic heterocycles. The van der Waals surface area contributed by atoms with E-state index in [1.54, 1.807) is 11.4 Å². The average Bonchev–Trinajstić information content (AvgIpc) is 3.17. The van der Waals surface area contributed by atoms with Gasteiger partial charge in [0, 0.05) is 12.6 Å². The quantitative estimate of drug-likeness (QED) is 0.617. The number of hydrogen-bond donors (Lipinski definition) is 1. The Balaban J connectivity index is 1.75. The molecule has 1 unspecified atom stereocenters. The van der Waals surface area contributed by atoms with E-state index in [2.05, 4.69) is 17.4 Å². The molecule has 0 aliphatic carbocycles. The number of nitrogens with one attached hydrogen (secondary N) is 1. The van der Waals surface area contributed by atoms with Crippen LogP contribution in [0.5, 0.6) is 0 Å². The van der Waals surface area contributed by atoms with Gasteiger partial charge in [0.05, 0.1) is 5.52 Å². The lowest BCUT2D eigenvalue weighted by Crippen LogP contribution is -2.44. The predicted octanol–water partition coefficient (Wildman–Crippen LogP) is 3.02. The van der Waals surface area contributed by atoms with Crippen LogP contribution in [0.1, 0.15) is 32.8 Å². The van der Waals surface area contributed by atoms with Crippen LogP contribution >= 0.6 is 11.3 Å². The fourth-order valence-corrected chi connectivity index (χ4v) is 4.22. The Kier molecular flexibility index (Phi) is 6.69. The van der Waals surface area contributed by atoms with E-state index in [1.807, 2.05) is 39.0 Å². The molecule has 0 aliphatic rings. The smallest absolute Gasteiger partial charge is 0.332 e. The van der Waals surface area contributed by atoms with E-state index in [0.29, 0.717) is 16.8 Å². The third kappa shape index (κ3) is 5.03. The van der Waals surface area contributed by atoms with Gasteiger partial charge in [-0.1, -0.05) is 44.2 Å². The van der Waals surface area contributed by atoms with Crippen molar-refractivity contribution in [1.82, 2.24) is 14.5 Å². The number of benzene rings is 1. The molecular weight excluding hydrogens is 386 g/mol. The normalized spacial score (nSPS) is 12.4. The third-order valence-electron chi connectivity index (χ3n) is 4.80. The zero-order valence-corrected chi connectivity index (χ0v) is 17.9. The first-order valence-corrected chi connectivity index (χ1v) is 10.8. The maximum absolute atomic E-state index is 12.9. The zero-order chi connectivity index (χ0) is 21.0. The van der Waals surface area contributed by atoms with Crippen LogP contribution < -0.4 is 16.6 Å². The fraction of sp³-hybridized carbons (Fsp3) is 0.409. The summed E-state index contributed by atoms with van der Waals surface area (Å²) in [5, 5.41) is 4.75. The first kappa shape index (κ1) is 21.0. The molecule has 1 aromatic carbocycles. The molecule has 154 valence electrons. The van der Waals surface area contributed by atoms with Gasteiger partial charge in [0.1, 0.15) is 11.2 Å². The van der Waals surface area contributed by atoms with E-state index in [4.69, 9.17) is 0 Å². The molecule has 7 heteroatoms. The van der Waals surface area contributed by atoms with Gasteiger partial charge in [0.2, 0.25) is 5.91 Å². The number of hydrogen-bond acceptors (Lipinski definition) is 4. The van der Waals surface area contributed by atoms with Gasteiger partial charge in [-0.15, -0.1) is 11.3 Å². The number of rotatable bonds is 8. The Bertz CT molecular complexity index is 1100. The molecule has 2 aromatic heterocycles. The van der Waals surface area contributed by atoms with Gasteiger partial charge in [-0.05, 0) is 42.7 Å². The maximum Gasteiger partial charge on any atom is 0.332 e. The highest BCUT2D eigenvalue weighted by atomic mass is 32.1. The topological polar surface area (TPSA) is 73.1 Å². The van der Waals surface area contributed by atoms with Gasteiger partial charge < -0.3 is 5.32 Å². The first-order valence-electron chi connectivity index (χ1n) is 9.91. The van der Waals surface area contributed by atoms with Crippen molar-refractivity contribution in [3.63, 3.8) is 0 Å². The minimum absolute atomic E-state index is 0.0158. The highest BCUT2D eigenvalue weighted by Gasteiger charge is 2.17. The van der Waals surface area contributed by atoms with Crippen molar-refractivity contribution in [2.45, 2.75) is 52.7 Å². The maximum atomic E-state index is 12.9. The minimum atomic E-state index is -0.429. The first-order chi connectivity index (χ1) is 13.9. The van der Waals surface area contributed by atoms with Crippen LogP contribution in [0.4, 0.5) is 0 Å². The van der Waals surface area contributed by atoms with Crippen LogP contribution in [0.2, 0.25) is 0 Å². The van der Waals surface area contributed by atoms with E-state index in [0.717, 1.165) is 12.8 Å². The summed E-state index contributed by atoms with van der Waals surface area (Å²) in [6.45, 7) is 6.11. The van der Waals surface area contributed by atoms with Gasteiger partial charge in [-0.25, -0.2) is 4.79 Å². The molecule has 2 heterocycles. The van der Waals surface area contributed by atoms with Crippen LogP contribution in [0.3, 0.4) is 0 Å². The minimum Gasteiger partial charge on any atom is -0.352 e. The SMILES string of the molecule is CC(C)Cn1c(=O)c2sccc2n(CC(=O)NC(C)CCc2ccccc2)c1=O. The molecule has 29 heavy (non-hydrogen) atoms. The molecule has 3 rings (SSSR count). The number of aromatic nitrogens is 2. The van der Waals surface area contributed by atoms with E-state index in [9.17, 15) is 14.4 Å². The van der Waals surface area contributed by atoms with Crippen LogP contribution in [-0.4, -0.2) is 21.1 Å². The van der Waals surface area contributed by atoms with E-state index < -0.39 is 5.69 Å². The number of aryl methyl sites for hydroxylation is 1. The molecular formula is C22H27N3O3S. The average molecular weight is 414 g/mol. The molecule has 0 bridgehead atoms. The molecule has 0 radical (unpaired) electrons. The number of carbonyl (C=O) groups is 1. The summed E-state index contributed by atoms with van der Waals surface area (Å²) in [4.78, 5) is 38.2. The summed E-state index contributed by atoms with van der Waals surface area (Å²) in [7, 11) is 0. The number of nitrogens with zero attached hydrogens (tertiary/aromatic N) is 2. The highest BCUT2D eigenvalue weighted by molar-refractivity contribution is 7.17. The summed E-state index contributed by atoms with van der Waals surface area (Å²) in [5.74, 6) is -0.0759. The van der Waals surface area contributed by atoms with Crippen molar-refractivity contribution in [3.8, 4) is 0 Å². The number of carbonyl (C=O) groups excluding carboxylic acids is 1. The Morgan fingerprint density at radius 3 is 2.48 bits per heavy atom. The van der Waals surface area contributed by atoms with Crippen molar-refractivity contribution in [2.24, 2.45) is 5.92 Å². The Morgan fingerprint density at radius 2 is 1.79 bits per heavy atom. The lowest BCUT2D eigenvalue weighted by Gasteiger charge is -2.16. The predicted molar refractivity (Wildman–Crippen MR) is 118 cm³/mol. The van der Waals surface area contributed by atoms with Crippen molar-refractivity contribution >= 4 is 27.5 Å². The fourth-order valence-electron chi connectivity index (χ4n) is 3.38. The summed E-state index contributed by atoms with van der Waals surface area (Å²) in [6.07, 6.45) is 1.68. The molecule has 0 saturated carbocycles. The van der Waals surface area contributed by atoms with Crippen LogP contribution in [-0.2, 0) is 24.3 Å². The second-order valence-corrected chi connectivity index (χ2v) is 8.72. The van der Waals surface area contributed by atoms with E-state index in [-0.39, 0.29) is 30.0 Å². The molecule has 0 saturated heterocycles. The molecule has 1 atom stereocenters. The largest absolute Gasteiger partial charge is 0.352 e. The van der Waals surface area contributed by atoms with Gasteiger partial charge in [-0.3, -0.25) is 18.7 Å². The van der Waals surface area contributed by atoms with Gasteiger partial charge in [-0.2, -0.15) is 0 Å². The van der Waals surface area contributed by atoms with Crippen molar-refractivity contribution in [2.75, 3.05) is 0 Å². The molecule has 0 spiro atoms. The summed E-state index contributed by atoms with van der Waals surface area (Å²) in [6, 6.07) is 11.8. The van der Waals surface area contributed by atoms with Crippen molar-refractivity contribution < 1.29 is 4.79 Å². The zero-order valence-electron chi connectivity index (χ0n) is 17.1. The molecule has 1 amide bonds. The Morgan fingerprint density at radius 1 is 1.07 bits per heavy atom. The summed E-state index contributed by atoms with van der Waals surface area (Å²) < 4.78 is 3.17. The Labute approximate surface area is 173 Å². The van der Waals surface area contributed by atoms with Gasteiger partial charge in [0.15, 0.2) is 0 Å². The highest BCUT2D eigenvalue weighted by Crippen LogP contribution is 2.15. The van der Waals surface area contributed by atoms with E-state index in [1.165, 1.54) is 26.0 Å². The molecule has 1 N–H and O–H groups in total. The lowest BCUT2D eigenvalue weighted by atomic mass is 10.1. The van der Waals surface area contributed by atoms with Gasteiger partial charge >= 0.3 is 5.69 Å². The molecule has 0 fully saturated rings. The van der Waals surface area contributed by atoms with Crippen LogP contribution in [0.15, 0.2) is 51.4 Å².